The van der Waals surface area contributed by atoms with Crippen LogP contribution < -0.4 is 5.73 Å². The topological polar surface area (TPSA) is 85.4 Å². The fourth-order valence-electron chi connectivity index (χ4n) is 1.58. The van der Waals surface area contributed by atoms with Crippen molar-refractivity contribution in [2.75, 3.05) is 6.54 Å². The molecule has 0 aliphatic heterocycles. The number of hydrogen-bond donors (Lipinski definition) is 2. The van der Waals surface area contributed by atoms with Crippen molar-refractivity contribution in [3.8, 4) is 0 Å². The lowest BCUT2D eigenvalue weighted by atomic mass is 10.2. The van der Waals surface area contributed by atoms with Crippen LogP contribution in [0.25, 0.3) is 0 Å². The maximum absolute atomic E-state index is 5.60. The van der Waals surface area contributed by atoms with Gasteiger partial charge in [-0.3, -0.25) is 9.78 Å². The van der Waals surface area contributed by atoms with E-state index in [9.17, 15) is 0 Å². The van der Waals surface area contributed by atoms with Gasteiger partial charge in [-0.1, -0.05) is 0 Å². The van der Waals surface area contributed by atoms with E-state index in [1.807, 2.05) is 18.7 Å². The number of aryl methyl sites for hydroxylation is 2. The van der Waals surface area contributed by atoms with E-state index in [1.165, 1.54) is 23.7 Å². The largest absolute Gasteiger partial charge is 0.330 e. The summed E-state index contributed by atoms with van der Waals surface area (Å²) < 4.78 is 1.85. The summed E-state index contributed by atoms with van der Waals surface area (Å²) in [4.78, 5) is 4.09. The first-order chi connectivity index (χ1) is 7.72. The minimum atomic E-state index is 0.622. The third kappa shape index (κ3) is 2.10. The normalized spacial score (nSPS) is 10.9. The zero-order valence-electron chi connectivity index (χ0n) is 9.27. The van der Waals surface area contributed by atoms with Gasteiger partial charge in [-0.2, -0.15) is 10.2 Å². The SMILES string of the molecule is Cc1nn(C)c(Sc2ncn[nH]2)c1CCN. The third-order valence-electron chi connectivity index (χ3n) is 2.27. The number of rotatable bonds is 4. The van der Waals surface area contributed by atoms with E-state index >= 15 is 0 Å². The molecule has 2 rings (SSSR count). The molecule has 0 aliphatic carbocycles. The molecule has 0 saturated carbocycles. The maximum atomic E-state index is 5.60. The monoisotopic (exact) mass is 238 g/mol. The van der Waals surface area contributed by atoms with Crippen molar-refractivity contribution in [3.05, 3.63) is 17.6 Å². The van der Waals surface area contributed by atoms with Crippen molar-refractivity contribution < 1.29 is 0 Å². The fraction of sp³-hybridized carbons (Fsp3) is 0.444. The molecule has 2 heterocycles. The van der Waals surface area contributed by atoms with E-state index in [4.69, 9.17) is 5.73 Å². The summed E-state index contributed by atoms with van der Waals surface area (Å²) >= 11 is 1.52. The zero-order valence-corrected chi connectivity index (χ0v) is 10.1. The molecule has 0 amide bonds. The fourth-order valence-corrected chi connectivity index (χ4v) is 2.50. The molecular weight excluding hydrogens is 224 g/mol. The second kappa shape index (κ2) is 4.67. The van der Waals surface area contributed by atoms with Gasteiger partial charge in [0.25, 0.3) is 0 Å². The molecule has 0 saturated heterocycles. The van der Waals surface area contributed by atoms with Crippen LogP contribution in [-0.4, -0.2) is 31.5 Å². The summed E-state index contributed by atoms with van der Waals surface area (Å²) in [5.74, 6) is 0. The van der Waals surface area contributed by atoms with Gasteiger partial charge < -0.3 is 5.73 Å². The average Bonchev–Trinajstić information content (AvgIpc) is 2.82. The number of aromatic amines is 1. The summed E-state index contributed by atoms with van der Waals surface area (Å²) in [5, 5.41) is 12.9. The van der Waals surface area contributed by atoms with E-state index < -0.39 is 0 Å². The first kappa shape index (κ1) is 11.2. The van der Waals surface area contributed by atoms with Gasteiger partial charge in [-0.05, 0) is 31.7 Å². The van der Waals surface area contributed by atoms with E-state index in [0.717, 1.165) is 22.3 Å². The van der Waals surface area contributed by atoms with Gasteiger partial charge in [-0.15, -0.1) is 0 Å². The highest BCUT2D eigenvalue weighted by Crippen LogP contribution is 2.29. The number of H-pyrrole nitrogens is 1. The molecular formula is C9H14N6S. The van der Waals surface area contributed by atoms with Crippen molar-refractivity contribution in [3.63, 3.8) is 0 Å². The molecule has 0 aromatic carbocycles. The minimum Gasteiger partial charge on any atom is -0.330 e. The number of nitrogens with zero attached hydrogens (tertiary/aromatic N) is 4. The minimum absolute atomic E-state index is 0.622. The molecule has 86 valence electrons. The second-order valence-corrected chi connectivity index (χ2v) is 4.40. The average molecular weight is 238 g/mol. The van der Waals surface area contributed by atoms with Crippen LogP contribution in [0.4, 0.5) is 0 Å². The van der Waals surface area contributed by atoms with E-state index in [1.54, 1.807) is 0 Å². The molecule has 16 heavy (non-hydrogen) atoms. The van der Waals surface area contributed by atoms with Crippen LogP contribution >= 0.6 is 11.8 Å². The Kier molecular flexibility index (Phi) is 3.25. The highest BCUT2D eigenvalue weighted by atomic mass is 32.2. The van der Waals surface area contributed by atoms with Gasteiger partial charge in [0.05, 0.1) is 5.69 Å². The van der Waals surface area contributed by atoms with Crippen LogP contribution in [0.3, 0.4) is 0 Å². The van der Waals surface area contributed by atoms with E-state index in [2.05, 4.69) is 20.3 Å². The molecule has 0 spiro atoms. The summed E-state index contributed by atoms with van der Waals surface area (Å²) in [5.41, 5.74) is 7.81. The Labute approximate surface area is 97.6 Å². The van der Waals surface area contributed by atoms with Gasteiger partial charge in [0, 0.05) is 12.6 Å². The van der Waals surface area contributed by atoms with Gasteiger partial charge in [0.1, 0.15) is 11.4 Å². The first-order valence-corrected chi connectivity index (χ1v) is 5.79. The smallest absolute Gasteiger partial charge is 0.189 e. The molecule has 0 radical (unpaired) electrons. The molecule has 2 aromatic heterocycles. The Bertz CT molecular complexity index is 461. The molecule has 6 nitrogen and oxygen atoms in total. The quantitative estimate of drug-likeness (QED) is 0.810. The Morgan fingerprint density at radius 2 is 2.38 bits per heavy atom. The van der Waals surface area contributed by atoms with Crippen LogP contribution in [0, 0.1) is 6.92 Å². The molecule has 2 aromatic rings. The van der Waals surface area contributed by atoms with E-state index in [-0.39, 0.29) is 0 Å². The summed E-state index contributed by atoms with van der Waals surface area (Å²) in [6.45, 7) is 2.62. The molecule has 7 heteroatoms. The lowest BCUT2D eigenvalue weighted by molar-refractivity contribution is 0.687. The number of hydrogen-bond acceptors (Lipinski definition) is 5. The van der Waals surface area contributed by atoms with Crippen molar-refractivity contribution in [2.45, 2.75) is 23.5 Å². The highest BCUT2D eigenvalue weighted by Gasteiger charge is 2.14. The van der Waals surface area contributed by atoms with Gasteiger partial charge >= 0.3 is 0 Å². The lowest BCUT2D eigenvalue weighted by Gasteiger charge is -2.02. The molecule has 0 atom stereocenters. The van der Waals surface area contributed by atoms with Crippen molar-refractivity contribution in [2.24, 2.45) is 12.8 Å². The Hall–Kier alpha value is -1.34. The molecule has 0 aliphatic rings. The summed E-state index contributed by atoms with van der Waals surface area (Å²) in [6, 6.07) is 0. The van der Waals surface area contributed by atoms with Gasteiger partial charge in [-0.25, -0.2) is 4.98 Å². The van der Waals surface area contributed by atoms with Crippen molar-refractivity contribution in [1.29, 1.82) is 0 Å². The summed E-state index contributed by atoms with van der Waals surface area (Å²) in [6.07, 6.45) is 2.32. The molecule has 0 fully saturated rings. The Morgan fingerprint density at radius 1 is 1.56 bits per heavy atom. The Morgan fingerprint density at radius 3 is 3.00 bits per heavy atom. The van der Waals surface area contributed by atoms with Gasteiger partial charge in [0.15, 0.2) is 5.16 Å². The first-order valence-electron chi connectivity index (χ1n) is 4.98. The Balaban J connectivity index is 2.31. The zero-order chi connectivity index (χ0) is 11.5. The maximum Gasteiger partial charge on any atom is 0.189 e. The lowest BCUT2D eigenvalue weighted by Crippen LogP contribution is -2.04. The number of aromatic nitrogens is 5. The van der Waals surface area contributed by atoms with Crippen LogP contribution in [0.5, 0.6) is 0 Å². The summed E-state index contributed by atoms with van der Waals surface area (Å²) in [7, 11) is 1.92. The number of nitrogens with two attached hydrogens (primary N) is 1. The van der Waals surface area contributed by atoms with Crippen molar-refractivity contribution >= 4 is 11.8 Å². The van der Waals surface area contributed by atoms with Crippen molar-refractivity contribution in [1.82, 2.24) is 25.0 Å². The third-order valence-corrected chi connectivity index (χ3v) is 3.36. The van der Waals surface area contributed by atoms with Gasteiger partial charge in [0.2, 0.25) is 0 Å². The van der Waals surface area contributed by atoms with Crippen LogP contribution in [0.2, 0.25) is 0 Å². The second-order valence-electron chi connectivity index (χ2n) is 3.42. The van der Waals surface area contributed by atoms with Crippen LogP contribution in [0.1, 0.15) is 11.3 Å². The number of nitrogens with one attached hydrogen (secondary N) is 1. The highest BCUT2D eigenvalue weighted by molar-refractivity contribution is 7.99. The standard InChI is InChI=1S/C9H14N6S/c1-6-7(3-4-10)8(15(2)14-6)16-9-11-5-12-13-9/h5H,3-4,10H2,1-2H3,(H,11,12,13). The van der Waals surface area contributed by atoms with E-state index in [0.29, 0.717) is 6.54 Å². The molecule has 3 N–H and O–H groups in total. The molecule has 0 bridgehead atoms. The predicted molar refractivity (Wildman–Crippen MR) is 61.2 cm³/mol. The predicted octanol–water partition coefficient (Wildman–Crippen LogP) is 0.499. The van der Waals surface area contributed by atoms with Crippen LogP contribution in [0.15, 0.2) is 16.5 Å². The van der Waals surface area contributed by atoms with Crippen LogP contribution in [-0.2, 0) is 13.5 Å². The molecule has 0 unspecified atom stereocenters.